The van der Waals surface area contributed by atoms with Gasteiger partial charge in [0, 0.05) is 17.5 Å². The fourth-order valence-corrected chi connectivity index (χ4v) is 4.42. The minimum absolute atomic E-state index is 0.332. The van der Waals surface area contributed by atoms with Crippen molar-refractivity contribution in [1.82, 2.24) is 14.5 Å². The van der Waals surface area contributed by atoms with Crippen molar-refractivity contribution in [2.45, 2.75) is 50.3 Å². The number of aryl methyl sites for hydroxylation is 1. The van der Waals surface area contributed by atoms with Crippen LogP contribution in [0.1, 0.15) is 37.7 Å². The molecule has 0 saturated heterocycles. The molecule has 1 fully saturated rings. The van der Waals surface area contributed by atoms with E-state index in [0.717, 1.165) is 28.0 Å². The number of rotatable bonds is 3. The Morgan fingerprint density at radius 2 is 2.15 bits per heavy atom. The van der Waals surface area contributed by atoms with E-state index in [-0.39, 0.29) is 0 Å². The lowest BCUT2D eigenvalue weighted by atomic mass is 9.88. The molecule has 3 nitrogen and oxygen atoms in total. The van der Waals surface area contributed by atoms with E-state index in [4.69, 9.17) is 12.2 Å². The third-order valence-electron chi connectivity index (χ3n) is 4.39. The molecule has 0 bridgehead atoms. The molecule has 1 aliphatic carbocycles. The van der Waals surface area contributed by atoms with E-state index in [9.17, 15) is 0 Å². The summed E-state index contributed by atoms with van der Waals surface area (Å²) in [7, 11) is 0. The van der Waals surface area contributed by atoms with Crippen LogP contribution in [-0.4, -0.2) is 25.5 Å². The molecule has 0 radical (unpaired) electrons. The van der Waals surface area contributed by atoms with E-state index in [2.05, 4.69) is 33.8 Å². The molecule has 2 aromatic rings. The molecule has 0 aromatic carbocycles. The van der Waals surface area contributed by atoms with E-state index < -0.39 is 0 Å². The average molecular weight is 307 g/mol. The Balaban J connectivity index is 2.01. The van der Waals surface area contributed by atoms with Gasteiger partial charge in [-0.1, -0.05) is 19.3 Å². The molecule has 1 aliphatic rings. The highest BCUT2D eigenvalue weighted by atomic mass is 32.2. The Hall–Kier alpha value is -0.810. The van der Waals surface area contributed by atoms with Crippen LogP contribution in [0.5, 0.6) is 0 Å². The van der Waals surface area contributed by atoms with Gasteiger partial charge in [-0.15, -0.1) is 0 Å². The number of aromatic amines is 1. The summed E-state index contributed by atoms with van der Waals surface area (Å²) in [6.07, 6.45) is 10.8. The maximum Gasteiger partial charge on any atom is 0.179 e. The van der Waals surface area contributed by atoms with Crippen LogP contribution in [0.15, 0.2) is 12.3 Å². The predicted molar refractivity (Wildman–Crippen MR) is 89.0 cm³/mol. The summed E-state index contributed by atoms with van der Waals surface area (Å²) in [6.45, 7) is 3.04. The molecule has 0 unspecified atom stereocenters. The minimum Gasteiger partial charge on any atom is -0.329 e. The lowest BCUT2D eigenvalue weighted by Crippen LogP contribution is -2.33. The van der Waals surface area contributed by atoms with Gasteiger partial charge in [-0.2, -0.15) is 11.8 Å². The summed E-state index contributed by atoms with van der Waals surface area (Å²) in [6, 6.07) is 2.13. The first kappa shape index (κ1) is 14.1. The highest BCUT2D eigenvalue weighted by molar-refractivity contribution is 8.00. The second-order valence-corrected chi connectivity index (χ2v) is 7.51. The zero-order chi connectivity index (χ0) is 14.2. The number of aromatic nitrogens is 3. The lowest BCUT2D eigenvalue weighted by molar-refractivity contribution is 0.360. The largest absolute Gasteiger partial charge is 0.329 e. The Bertz CT molecular complexity index is 665. The van der Waals surface area contributed by atoms with Gasteiger partial charge in [0.2, 0.25) is 0 Å². The van der Waals surface area contributed by atoms with Gasteiger partial charge in [0.15, 0.2) is 10.4 Å². The van der Waals surface area contributed by atoms with Crippen molar-refractivity contribution in [2.75, 3.05) is 6.26 Å². The summed E-state index contributed by atoms with van der Waals surface area (Å²) in [5.41, 5.74) is 3.22. The normalized spacial score (nSPS) is 18.5. The summed E-state index contributed by atoms with van der Waals surface area (Å²) >= 11 is 7.52. The smallest absolute Gasteiger partial charge is 0.179 e. The van der Waals surface area contributed by atoms with Crippen molar-refractivity contribution in [2.24, 2.45) is 0 Å². The van der Waals surface area contributed by atoms with Crippen molar-refractivity contribution in [3.8, 4) is 0 Å². The number of hydrogen-bond acceptors (Lipinski definition) is 3. The first-order valence-corrected chi connectivity index (χ1v) is 8.87. The van der Waals surface area contributed by atoms with Crippen molar-refractivity contribution in [1.29, 1.82) is 0 Å². The monoisotopic (exact) mass is 307 g/mol. The van der Waals surface area contributed by atoms with Gasteiger partial charge in [-0.25, -0.2) is 4.98 Å². The molecule has 20 heavy (non-hydrogen) atoms. The Morgan fingerprint density at radius 3 is 2.85 bits per heavy atom. The van der Waals surface area contributed by atoms with E-state index in [0.29, 0.717) is 4.75 Å². The van der Waals surface area contributed by atoms with E-state index in [1.165, 1.54) is 32.1 Å². The third-order valence-corrected chi connectivity index (χ3v) is 6.12. The second kappa shape index (κ2) is 5.53. The molecule has 0 amide bonds. The molecule has 1 N–H and O–H groups in total. The number of fused-ring (bicyclic) bond motifs is 1. The van der Waals surface area contributed by atoms with Crippen LogP contribution in [0.2, 0.25) is 0 Å². The van der Waals surface area contributed by atoms with Crippen LogP contribution >= 0.6 is 24.0 Å². The number of nitrogens with zero attached hydrogens (tertiary/aromatic N) is 2. The van der Waals surface area contributed by atoms with Crippen LogP contribution < -0.4 is 0 Å². The van der Waals surface area contributed by atoms with Gasteiger partial charge in [-0.05, 0) is 49.9 Å². The molecule has 1 saturated carbocycles. The SMILES string of the molecule is CSC1(Cn2c(=S)[nH]c3cc(C)cnc32)CCCCC1. The number of thioether (sulfide) groups is 1. The first-order valence-electron chi connectivity index (χ1n) is 7.24. The summed E-state index contributed by atoms with van der Waals surface area (Å²) in [5.74, 6) is 0. The molecule has 3 rings (SSSR count). The lowest BCUT2D eigenvalue weighted by Gasteiger charge is -2.36. The van der Waals surface area contributed by atoms with E-state index in [1.54, 1.807) is 0 Å². The zero-order valence-corrected chi connectivity index (χ0v) is 13.7. The maximum absolute atomic E-state index is 5.52. The van der Waals surface area contributed by atoms with Crippen LogP contribution in [0, 0.1) is 11.7 Å². The maximum atomic E-state index is 5.52. The van der Waals surface area contributed by atoms with Gasteiger partial charge >= 0.3 is 0 Å². The summed E-state index contributed by atoms with van der Waals surface area (Å²) < 4.78 is 3.33. The molecule has 5 heteroatoms. The number of pyridine rings is 1. The third kappa shape index (κ3) is 2.53. The molecule has 108 valence electrons. The predicted octanol–water partition coefficient (Wildman–Crippen LogP) is 4.47. The molecular weight excluding hydrogens is 286 g/mol. The van der Waals surface area contributed by atoms with Gasteiger partial charge < -0.3 is 9.55 Å². The van der Waals surface area contributed by atoms with Crippen molar-refractivity contribution in [3.05, 3.63) is 22.6 Å². The first-order chi connectivity index (χ1) is 9.63. The number of imidazole rings is 1. The molecule has 0 aliphatic heterocycles. The number of hydrogen-bond donors (Lipinski definition) is 1. The van der Waals surface area contributed by atoms with E-state index >= 15 is 0 Å². The van der Waals surface area contributed by atoms with Crippen LogP contribution in [0.3, 0.4) is 0 Å². The average Bonchev–Trinajstić information content (AvgIpc) is 2.75. The Kier molecular flexibility index (Phi) is 3.91. The highest BCUT2D eigenvalue weighted by Crippen LogP contribution is 2.40. The Morgan fingerprint density at radius 1 is 1.40 bits per heavy atom. The standard InChI is InChI=1S/C15H21N3S2/c1-11-8-12-13(16-9-11)18(14(19)17-12)10-15(20-2)6-4-3-5-7-15/h8-9H,3-7,10H2,1-2H3,(H,17,19). The molecule has 2 heterocycles. The van der Waals surface area contributed by atoms with Crippen molar-refractivity contribution in [3.63, 3.8) is 0 Å². The molecule has 0 spiro atoms. The van der Waals surface area contributed by atoms with Gasteiger partial charge in [0.1, 0.15) is 0 Å². The molecule has 2 aromatic heterocycles. The van der Waals surface area contributed by atoms with Gasteiger partial charge in [0.25, 0.3) is 0 Å². The second-order valence-electron chi connectivity index (χ2n) is 5.85. The quantitative estimate of drug-likeness (QED) is 0.850. The topological polar surface area (TPSA) is 33.6 Å². The number of H-pyrrole nitrogens is 1. The van der Waals surface area contributed by atoms with Crippen LogP contribution in [-0.2, 0) is 6.54 Å². The fraction of sp³-hybridized carbons (Fsp3) is 0.600. The van der Waals surface area contributed by atoms with Crippen molar-refractivity contribution >= 4 is 35.1 Å². The van der Waals surface area contributed by atoms with Gasteiger partial charge in [0.05, 0.1) is 5.52 Å². The Labute approximate surface area is 129 Å². The summed E-state index contributed by atoms with van der Waals surface area (Å²) in [5, 5.41) is 0. The van der Waals surface area contributed by atoms with Crippen LogP contribution in [0.4, 0.5) is 0 Å². The van der Waals surface area contributed by atoms with Crippen LogP contribution in [0.25, 0.3) is 11.2 Å². The minimum atomic E-state index is 0.332. The number of nitrogens with one attached hydrogen (secondary N) is 1. The molecular formula is C15H21N3S2. The molecule has 0 atom stereocenters. The summed E-state index contributed by atoms with van der Waals surface area (Å²) in [4.78, 5) is 7.89. The van der Waals surface area contributed by atoms with Crippen molar-refractivity contribution < 1.29 is 0 Å². The van der Waals surface area contributed by atoms with Gasteiger partial charge in [-0.3, -0.25) is 0 Å². The highest BCUT2D eigenvalue weighted by Gasteiger charge is 2.32. The van der Waals surface area contributed by atoms with E-state index in [1.807, 2.05) is 18.0 Å². The fourth-order valence-electron chi connectivity index (χ4n) is 3.21. The zero-order valence-electron chi connectivity index (χ0n) is 12.1.